The first-order chi connectivity index (χ1) is 15.7. The zero-order valence-corrected chi connectivity index (χ0v) is 20.2. The van der Waals surface area contributed by atoms with Gasteiger partial charge in [0.1, 0.15) is 18.7 Å². The number of hydrogen-bond acceptors (Lipinski definition) is 7. The molecule has 3 rings (SSSR count). The van der Waals surface area contributed by atoms with Gasteiger partial charge in [-0.15, -0.1) is 0 Å². The molecular formula is C24H28N5O3P. The summed E-state index contributed by atoms with van der Waals surface area (Å²) in [5, 5.41) is 10.00. The summed E-state index contributed by atoms with van der Waals surface area (Å²) in [5.41, 5.74) is 2.77. The van der Waals surface area contributed by atoms with Crippen LogP contribution >= 0.6 is 7.14 Å². The van der Waals surface area contributed by atoms with Gasteiger partial charge < -0.3 is 25.3 Å². The molecule has 0 aliphatic carbocycles. The lowest BCUT2D eigenvalue weighted by atomic mass is 10.2. The standard InChI is InChI=1S/C24H28N5O3P/c1-6-9-22(30)26-17-12-13-20(32-3)19(14-17)28-24-25-15-16(2)23(29-24)27-18-10-7-8-11-21(18)33(4,5)31/h6-15H,1-5H3,(H,26,30)(H2,25,27,28,29)/b9-6+. The maximum atomic E-state index is 12.7. The number of nitrogens with zero attached hydrogens (tertiary/aromatic N) is 2. The Labute approximate surface area is 193 Å². The lowest BCUT2D eigenvalue weighted by molar-refractivity contribution is -0.111. The predicted octanol–water partition coefficient (Wildman–Crippen LogP) is 5.04. The predicted molar refractivity (Wildman–Crippen MR) is 135 cm³/mol. The molecule has 1 amide bonds. The van der Waals surface area contributed by atoms with Gasteiger partial charge in [-0.05, 0) is 63.6 Å². The van der Waals surface area contributed by atoms with Crippen LogP contribution in [0.4, 0.5) is 28.8 Å². The number of amides is 1. The van der Waals surface area contributed by atoms with Crippen LogP contribution in [0.2, 0.25) is 0 Å². The number of ether oxygens (including phenoxy) is 1. The Bertz CT molecular complexity index is 1240. The molecule has 0 saturated carbocycles. The highest BCUT2D eigenvalue weighted by atomic mass is 31.2. The summed E-state index contributed by atoms with van der Waals surface area (Å²) in [7, 11) is -0.923. The van der Waals surface area contributed by atoms with E-state index in [9.17, 15) is 9.36 Å². The lowest BCUT2D eigenvalue weighted by Gasteiger charge is -2.17. The van der Waals surface area contributed by atoms with Crippen LogP contribution in [0, 0.1) is 6.92 Å². The Morgan fingerprint density at radius 2 is 1.85 bits per heavy atom. The van der Waals surface area contributed by atoms with Crippen LogP contribution in [0.5, 0.6) is 5.75 Å². The molecule has 1 heterocycles. The number of carbonyl (C=O) groups is 1. The highest BCUT2D eigenvalue weighted by Crippen LogP contribution is 2.38. The number of para-hydroxylation sites is 1. The van der Waals surface area contributed by atoms with Crippen LogP contribution in [0.3, 0.4) is 0 Å². The summed E-state index contributed by atoms with van der Waals surface area (Å²) in [5.74, 6) is 1.27. The molecule has 0 aliphatic rings. The van der Waals surface area contributed by atoms with Gasteiger partial charge in [0, 0.05) is 22.8 Å². The molecule has 8 nitrogen and oxygen atoms in total. The summed E-state index contributed by atoms with van der Waals surface area (Å²) in [6.45, 7) is 7.15. The zero-order valence-electron chi connectivity index (χ0n) is 19.3. The van der Waals surface area contributed by atoms with Crippen molar-refractivity contribution in [1.82, 2.24) is 9.97 Å². The van der Waals surface area contributed by atoms with Crippen molar-refractivity contribution >= 4 is 47.2 Å². The molecule has 0 aliphatic heterocycles. The first kappa shape index (κ1) is 24.0. The molecule has 2 aromatic carbocycles. The van der Waals surface area contributed by atoms with E-state index in [0.29, 0.717) is 28.9 Å². The number of aromatic nitrogens is 2. The highest BCUT2D eigenvalue weighted by molar-refractivity contribution is 7.70. The summed E-state index contributed by atoms with van der Waals surface area (Å²) < 4.78 is 18.1. The van der Waals surface area contributed by atoms with Crippen LogP contribution in [-0.4, -0.2) is 36.3 Å². The second kappa shape index (κ2) is 10.3. The van der Waals surface area contributed by atoms with Crippen LogP contribution in [-0.2, 0) is 9.36 Å². The van der Waals surface area contributed by atoms with E-state index >= 15 is 0 Å². The monoisotopic (exact) mass is 465 g/mol. The lowest BCUT2D eigenvalue weighted by Crippen LogP contribution is -2.11. The molecule has 0 atom stereocenters. The van der Waals surface area contributed by atoms with E-state index in [1.54, 1.807) is 57.8 Å². The van der Waals surface area contributed by atoms with Gasteiger partial charge >= 0.3 is 0 Å². The van der Waals surface area contributed by atoms with E-state index in [2.05, 4.69) is 25.9 Å². The van der Waals surface area contributed by atoms with Crippen molar-refractivity contribution in [2.45, 2.75) is 13.8 Å². The summed E-state index contributed by atoms with van der Waals surface area (Å²) in [6, 6.07) is 12.7. The van der Waals surface area contributed by atoms with E-state index in [4.69, 9.17) is 4.74 Å². The second-order valence-corrected chi connectivity index (χ2v) is 10.9. The van der Waals surface area contributed by atoms with Crippen molar-refractivity contribution in [2.75, 3.05) is 36.4 Å². The third-order valence-corrected chi connectivity index (χ3v) is 6.29. The molecule has 0 fully saturated rings. The molecule has 0 radical (unpaired) electrons. The smallest absolute Gasteiger partial charge is 0.248 e. The second-order valence-electron chi connectivity index (χ2n) is 7.75. The van der Waals surface area contributed by atoms with E-state index in [1.807, 2.05) is 31.2 Å². The minimum atomic E-state index is -2.48. The summed E-state index contributed by atoms with van der Waals surface area (Å²) in [6.07, 6.45) is 4.81. The van der Waals surface area contributed by atoms with Crippen LogP contribution in [0.15, 0.2) is 60.8 Å². The molecular weight excluding hydrogens is 437 g/mol. The van der Waals surface area contributed by atoms with Crippen molar-refractivity contribution < 1.29 is 14.1 Å². The number of carbonyl (C=O) groups excluding carboxylic acids is 1. The third kappa shape index (κ3) is 6.20. The average molecular weight is 465 g/mol. The summed E-state index contributed by atoms with van der Waals surface area (Å²) in [4.78, 5) is 20.9. The molecule has 172 valence electrons. The molecule has 0 spiro atoms. The fraction of sp³-hybridized carbons (Fsp3) is 0.208. The van der Waals surface area contributed by atoms with Gasteiger partial charge in [-0.3, -0.25) is 4.79 Å². The molecule has 33 heavy (non-hydrogen) atoms. The first-order valence-electron chi connectivity index (χ1n) is 10.3. The maximum absolute atomic E-state index is 12.7. The molecule has 3 aromatic rings. The molecule has 0 saturated heterocycles. The van der Waals surface area contributed by atoms with Crippen molar-refractivity contribution in [1.29, 1.82) is 0 Å². The summed E-state index contributed by atoms with van der Waals surface area (Å²) >= 11 is 0. The Hall–Kier alpha value is -3.64. The molecule has 0 unspecified atom stereocenters. The first-order valence-corrected chi connectivity index (χ1v) is 13.0. The number of nitrogens with one attached hydrogen (secondary N) is 3. The van der Waals surface area contributed by atoms with Crippen LogP contribution < -0.4 is 26.0 Å². The molecule has 1 aromatic heterocycles. The maximum Gasteiger partial charge on any atom is 0.248 e. The van der Waals surface area contributed by atoms with E-state index < -0.39 is 7.14 Å². The number of aryl methyl sites for hydroxylation is 1. The minimum Gasteiger partial charge on any atom is -0.495 e. The average Bonchev–Trinajstić information content (AvgIpc) is 2.76. The third-order valence-electron chi connectivity index (χ3n) is 4.74. The highest BCUT2D eigenvalue weighted by Gasteiger charge is 2.17. The Balaban J connectivity index is 1.90. The van der Waals surface area contributed by atoms with E-state index in [-0.39, 0.29) is 5.91 Å². The van der Waals surface area contributed by atoms with Crippen LogP contribution in [0.1, 0.15) is 12.5 Å². The Kier molecular flexibility index (Phi) is 7.51. The fourth-order valence-electron chi connectivity index (χ4n) is 3.14. The normalized spacial score (nSPS) is 11.3. The van der Waals surface area contributed by atoms with Crippen molar-refractivity contribution in [2.24, 2.45) is 0 Å². The number of allylic oxidation sites excluding steroid dienone is 1. The quantitative estimate of drug-likeness (QED) is 0.316. The van der Waals surface area contributed by atoms with Crippen LogP contribution in [0.25, 0.3) is 0 Å². The Morgan fingerprint density at radius 1 is 1.09 bits per heavy atom. The molecule has 3 N–H and O–H groups in total. The zero-order chi connectivity index (χ0) is 24.0. The number of benzene rings is 2. The van der Waals surface area contributed by atoms with Gasteiger partial charge in [0.15, 0.2) is 0 Å². The van der Waals surface area contributed by atoms with Gasteiger partial charge in [0.05, 0.1) is 18.5 Å². The van der Waals surface area contributed by atoms with Crippen molar-refractivity contribution in [3.05, 3.63) is 66.4 Å². The van der Waals surface area contributed by atoms with Gasteiger partial charge in [-0.2, -0.15) is 4.98 Å². The number of hydrogen-bond donors (Lipinski definition) is 3. The number of rotatable bonds is 8. The van der Waals surface area contributed by atoms with Crippen molar-refractivity contribution in [3.63, 3.8) is 0 Å². The fourth-order valence-corrected chi connectivity index (χ4v) is 4.30. The minimum absolute atomic E-state index is 0.227. The Morgan fingerprint density at radius 3 is 2.55 bits per heavy atom. The largest absolute Gasteiger partial charge is 0.495 e. The van der Waals surface area contributed by atoms with Gasteiger partial charge in [0.2, 0.25) is 11.9 Å². The topological polar surface area (TPSA) is 105 Å². The van der Waals surface area contributed by atoms with E-state index in [0.717, 1.165) is 16.6 Å². The molecule has 9 heteroatoms. The van der Waals surface area contributed by atoms with Crippen molar-refractivity contribution in [3.8, 4) is 5.75 Å². The SMILES string of the molecule is C/C=C/C(=O)Nc1ccc(OC)c(Nc2ncc(C)c(Nc3ccccc3P(C)(C)=O)n2)c1. The number of anilines is 5. The van der Waals surface area contributed by atoms with Gasteiger partial charge in [-0.25, -0.2) is 4.98 Å². The van der Waals surface area contributed by atoms with E-state index in [1.165, 1.54) is 6.08 Å². The van der Waals surface area contributed by atoms with Gasteiger partial charge in [-0.1, -0.05) is 18.2 Å². The van der Waals surface area contributed by atoms with Gasteiger partial charge in [0.25, 0.3) is 0 Å². The number of methoxy groups -OCH3 is 1. The molecule has 0 bridgehead atoms.